The summed E-state index contributed by atoms with van der Waals surface area (Å²) >= 11 is 0. The lowest BCUT2D eigenvalue weighted by Gasteiger charge is -2.33. The molecule has 0 aromatic rings. The smallest absolute Gasteiger partial charge is 0.407 e. The van der Waals surface area contributed by atoms with E-state index in [0.29, 0.717) is 25.9 Å². The largest absolute Gasteiger partial charge is 0.466 e. The van der Waals surface area contributed by atoms with Gasteiger partial charge in [-0.05, 0) is 47.0 Å². The van der Waals surface area contributed by atoms with Crippen LogP contribution in [0.2, 0.25) is 0 Å². The summed E-state index contributed by atoms with van der Waals surface area (Å²) in [5.74, 6) is -0.758. The zero-order chi connectivity index (χ0) is 15.3. The van der Waals surface area contributed by atoms with Gasteiger partial charge in [-0.2, -0.15) is 0 Å². The minimum absolute atomic E-state index is 0.303. The molecule has 0 heterocycles. The van der Waals surface area contributed by atoms with E-state index in [2.05, 4.69) is 5.32 Å². The minimum atomic E-state index is -0.600. The fraction of sp³-hybridized carbons (Fsp3) is 0.857. The lowest BCUT2D eigenvalue weighted by molar-refractivity contribution is -0.150. The molecule has 1 fully saturated rings. The molecule has 0 bridgehead atoms. The molecule has 1 amide bonds. The van der Waals surface area contributed by atoms with Gasteiger partial charge in [0.15, 0.2) is 0 Å². The van der Waals surface area contributed by atoms with Crippen LogP contribution in [0.15, 0.2) is 0 Å². The maximum absolute atomic E-state index is 11.9. The predicted molar refractivity (Wildman–Crippen MR) is 73.1 cm³/mol. The number of hydrogen-bond acceptors (Lipinski definition) is 5. The minimum Gasteiger partial charge on any atom is -0.466 e. The molecule has 3 unspecified atom stereocenters. The van der Waals surface area contributed by atoms with E-state index in [1.165, 1.54) is 0 Å². The number of hydrogen-bond donors (Lipinski definition) is 2. The Morgan fingerprint density at radius 2 is 1.95 bits per heavy atom. The monoisotopic (exact) mass is 287 g/mol. The SMILES string of the molecule is CCOC(=O)C1CCC(O)CC1NC(=O)OC(C)(C)C. The Kier molecular flexibility index (Phi) is 5.80. The van der Waals surface area contributed by atoms with Gasteiger partial charge >= 0.3 is 12.1 Å². The highest BCUT2D eigenvalue weighted by Crippen LogP contribution is 2.26. The Bertz CT molecular complexity index is 350. The number of rotatable bonds is 3. The maximum Gasteiger partial charge on any atom is 0.407 e. The van der Waals surface area contributed by atoms with Gasteiger partial charge in [0.05, 0.1) is 18.6 Å². The Hall–Kier alpha value is -1.30. The molecule has 1 rings (SSSR count). The third-order valence-corrected chi connectivity index (χ3v) is 3.11. The van der Waals surface area contributed by atoms with Crippen LogP contribution in [-0.4, -0.2) is 41.5 Å². The van der Waals surface area contributed by atoms with Crippen molar-refractivity contribution in [2.45, 2.75) is 64.7 Å². The summed E-state index contributed by atoms with van der Waals surface area (Å²) in [7, 11) is 0. The number of aliphatic hydroxyl groups is 1. The molecular formula is C14H25NO5. The van der Waals surface area contributed by atoms with Crippen molar-refractivity contribution in [2.75, 3.05) is 6.61 Å². The first-order chi connectivity index (χ1) is 9.23. The van der Waals surface area contributed by atoms with Gasteiger partial charge in [0.2, 0.25) is 0 Å². The highest BCUT2D eigenvalue weighted by Gasteiger charge is 2.37. The topological polar surface area (TPSA) is 84.9 Å². The second-order valence-electron chi connectivity index (χ2n) is 6.08. The number of aliphatic hydroxyl groups excluding tert-OH is 1. The van der Waals surface area contributed by atoms with Crippen molar-refractivity contribution in [3.63, 3.8) is 0 Å². The Labute approximate surface area is 119 Å². The van der Waals surface area contributed by atoms with Gasteiger partial charge < -0.3 is 19.9 Å². The van der Waals surface area contributed by atoms with E-state index in [-0.39, 0.29) is 5.97 Å². The molecule has 1 saturated carbocycles. The molecular weight excluding hydrogens is 262 g/mol. The molecule has 0 radical (unpaired) electrons. The summed E-state index contributed by atoms with van der Waals surface area (Å²) in [6, 6.07) is -0.451. The molecule has 0 aliphatic heterocycles. The second-order valence-corrected chi connectivity index (χ2v) is 6.08. The zero-order valence-electron chi connectivity index (χ0n) is 12.6. The van der Waals surface area contributed by atoms with Gasteiger partial charge in [-0.3, -0.25) is 4.79 Å². The molecule has 0 aromatic heterocycles. The summed E-state index contributed by atoms with van der Waals surface area (Å²) in [6.45, 7) is 7.35. The number of amides is 1. The summed E-state index contributed by atoms with van der Waals surface area (Å²) in [5.41, 5.74) is -0.600. The highest BCUT2D eigenvalue weighted by atomic mass is 16.6. The molecule has 1 aliphatic carbocycles. The van der Waals surface area contributed by atoms with Crippen LogP contribution in [-0.2, 0) is 14.3 Å². The average Bonchev–Trinajstić information content (AvgIpc) is 2.26. The Morgan fingerprint density at radius 3 is 2.50 bits per heavy atom. The van der Waals surface area contributed by atoms with Crippen LogP contribution < -0.4 is 5.32 Å². The van der Waals surface area contributed by atoms with E-state index in [9.17, 15) is 14.7 Å². The predicted octanol–water partition coefficient (Wildman–Crippen LogP) is 1.60. The molecule has 0 aromatic carbocycles. The molecule has 116 valence electrons. The molecule has 0 spiro atoms. The van der Waals surface area contributed by atoms with Crippen LogP contribution in [0.3, 0.4) is 0 Å². The number of alkyl carbamates (subject to hydrolysis) is 1. The summed E-state index contributed by atoms with van der Waals surface area (Å²) in [4.78, 5) is 23.7. The fourth-order valence-corrected chi connectivity index (χ4v) is 2.30. The van der Waals surface area contributed by atoms with Gasteiger partial charge in [-0.1, -0.05) is 0 Å². The molecule has 6 heteroatoms. The maximum atomic E-state index is 11.9. The van der Waals surface area contributed by atoms with Crippen molar-refractivity contribution in [1.29, 1.82) is 0 Å². The number of nitrogens with one attached hydrogen (secondary N) is 1. The number of carbonyl (C=O) groups is 2. The number of carbonyl (C=O) groups excluding carboxylic acids is 2. The van der Waals surface area contributed by atoms with Crippen molar-refractivity contribution in [3.8, 4) is 0 Å². The van der Waals surface area contributed by atoms with Crippen molar-refractivity contribution in [1.82, 2.24) is 5.32 Å². The van der Waals surface area contributed by atoms with Gasteiger partial charge in [-0.25, -0.2) is 4.79 Å². The van der Waals surface area contributed by atoms with Gasteiger partial charge in [-0.15, -0.1) is 0 Å². The van der Waals surface area contributed by atoms with E-state index in [4.69, 9.17) is 9.47 Å². The first-order valence-electron chi connectivity index (χ1n) is 7.07. The van der Waals surface area contributed by atoms with E-state index in [1.807, 2.05) is 0 Å². The van der Waals surface area contributed by atoms with Crippen molar-refractivity contribution < 1.29 is 24.2 Å². The molecule has 3 atom stereocenters. The Balaban J connectivity index is 2.65. The quantitative estimate of drug-likeness (QED) is 0.770. The second kappa shape index (κ2) is 6.92. The lowest BCUT2D eigenvalue weighted by Crippen LogP contribution is -2.49. The van der Waals surface area contributed by atoms with E-state index >= 15 is 0 Å². The fourth-order valence-electron chi connectivity index (χ4n) is 2.30. The normalized spacial score (nSPS) is 26.8. The summed E-state index contributed by atoms with van der Waals surface area (Å²) in [5, 5.41) is 12.4. The van der Waals surface area contributed by atoms with Crippen LogP contribution in [0.25, 0.3) is 0 Å². The number of esters is 1. The molecule has 6 nitrogen and oxygen atoms in total. The molecule has 20 heavy (non-hydrogen) atoms. The zero-order valence-corrected chi connectivity index (χ0v) is 12.6. The Morgan fingerprint density at radius 1 is 1.30 bits per heavy atom. The van der Waals surface area contributed by atoms with Crippen LogP contribution >= 0.6 is 0 Å². The molecule has 0 saturated heterocycles. The molecule has 2 N–H and O–H groups in total. The average molecular weight is 287 g/mol. The van der Waals surface area contributed by atoms with Gasteiger partial charge in [0.1, 0.15) is 5.60 Å². The van der Waals surface area contributed by atoms with Crippen LogP contribution in [0.5, 0.6) is 0 Å². The van der Waals surface area contributed by atoms with Gasteiger partial charge in [0, 0.05) is 6.04 Å². The van der Waals surface area contributed by atoms with Gasteiger partial charge in [0.25, 0.3) is 0 Å². The number of ether oxygens (including phenoxy) is 2. The van der Waals surface area contributed by atoms with E-state index in [0.717, 1.165) is 0 Å². The molecule has 1 aliphatic rings. The van der Waals surface area contributed by atoms with E-state index < -0.39 is 29.8 Å². The lowest BCUT2D eigenvalue weighted by atomic mass is 9.83. The van der Waals surface area contributed by atoms with Crippen LogP contribution in [0, 0.1) is 5.92 Å². The standard InChI is InChI=1S/C14H25NO5/c1-5-19-12(17)10-7-6-9(16)8-11(10)15-13(18)20-14(2,3)4/h9-11,16H,5-8H2,1-4H3,(H,15,18). The third-order valence-electron chi connectivity index (χ3n) is 3.11. The van der Waals surface area contributed by atoms with Crippen LogP contribution in [0.1, 0.15) is 47.0 Å². The van der Waals surface area contributed by atoms with E-state index in [1.54, 1.807) is 27.7 Å². The first kappa shape index (κ1) is 16.8. The van der Waals surface area contributed by atoms with Crippen molar-refractivity contribution in [2.24, 2.45) is 5.92 Å². The highest BCUT2D eigenvalue weighted by molar-refractivity contribution is 5.75. The third kappa shape index (κ3) is 5.36. The van der Waals surface area contributed by atoms with Crippen molar-refractivity contribution in [3.05, 3.63) is 0 Å². The first-order valence-corrected chi connectivity index (χ1v) is 7.07. The van der Waals surface area contributed by atoms with Crippen LogP contribution in [0.4, 0.5) is 4.79 Å². The van der Waals surface area contributed by atoms with Crippen molar-refractivity contribution >= 4 is 12.1 Å². The summed E-state index contributed by atoms with van der Waals surface area (Å²) in [6.07, 6.45) is 0.283. The summed E-state index contributed by atoms with van der Waals surface area (Å²) < 4.78 is 10.2.